The van der Waals surface area contributed by atoms with E-state index in [0.29, 0.717) is 11.7 Å². The van der Waals surface area contributed by atoms with Gasteiger partial charge in [0.2, 0.25) is 11.7 Å². The summed E-state index contributed by atoms with van der Waals surface area (Å²) in [7, 11) is 0. The van der Waals surface area contributed by atoms with E-state index in [4.69, 9.17) is 18.8 Å². The highest BCUT2D eigenvalue weighted by Crippen LogP contribution is 2.49. The number of fused-ring (bicyclic) bond motifs is 18. The Hall–Kier alpha value is -8.22. The van der Waals surface area contributed by atoms with Crippen molar-refractivity contribution in [3.63, 3.8) is 0 Å². The van der Waals surface area contributed by atoms with Crippen LogP contribution in [-0.2, 0) is 0 Å². The fourth-order valence-corrected chi connectivity index (χ4v) is 10.1. The van der Waals surface area contributed by atoms with E-state index < -0.39 is 0 Å². The van der Waals surface area contributed by atoms with Gasteiger partial charge in [0.15, 0.2) is 0 Å². The average molecular weight is 767 g/mol. The molecule has 5 heterocycles. The largest absolute Gasteiger partial charge is 0.456 e. The Morgan fingerprint density at radius 1 is 0.350 bits per heavy atom. The standard InChI is InChI=1S/C54H30N4O2/c1-2-16-32(17-3-1)57-41-30-29-31-15-4-5-18-33(31)47(41)48-35-20-7-6-19-34(35)46-36-21-8-11-25-40(36)58(51(46)52(48)57)54-55-50(49-38-23-10-13-27-43(38)60-53(49)56-54)39-24-14-28-44-45(39)37-22-9-12-26-42(37)59-44/h1-30H. The third-order valence-electron chi connectivity index (χ3n) is 12.5. The number of nitrogens with zero attached hydrogens (tertiary/aromatic N) is 4. The van der Waals surface area contributed by atoms with Crippen LogP contribution in [0.1, 0.15) is 0 Å². The first-order valence-corrected chi connectivity index (χ1v) is 20.3. The van der Waals surface area contributed by atoms with Crippen LogP contribution in [0.4, 0.5) is 0 Å². The van der Waals surface area contributed by atoms with E-state index in [1.54, 1.807) is 0 Å². The molecule has 0 fully saturated rings. The molecule has 0 aliphatic heterocycles. The topological polar surface area (TPSA) is 61.9 Å². The minimum atomic E-state index is 0.526. The van der Waals surface area contributed by atoms with Crippen LogP contribution in [0, 0.1) is 0 Å². The van der Waals surface area contributed by atoms with E-state index in [1.807, 2.05) is 36.4 Å². The molecule has 0 N–H and O–H groups in total. The van der Waals surface area contributed by atoms with Crippen LogP contribution >= 0.6 is 0 Å². The second-order valence-corrected chi connectivity index (χ2v) is 15.6. The van der Waals surface area contributed by atoms with E-state index in [0.717, 1.165) is 88.1 Å². The summed E-state index contributed by atoms with van der Waals surface area (Å²) in [6, 6.07) is 64.1. The fraction of sp³-hybridized carbons (Fsp3) is 0. The Labute approximate surface area is 340 Å². The van der Waals surface area contributed by atoms with Gasteiger partial charge < -0.3 is 13.4 Å². The van der Waals surface area contributed by atoms with Crippen LogP contribution < -0.4 is 0 Å². The van der Waals surface area contributed by atoms with E-state index in [9.17, 15) is 0 Å². The van der Waals surface area contributed by atoms with Crippen LogP contribution in [0.15, 0.2) is 191 Å². The maximum Gasteiger partial charge on any atom is 0.238 e. The van der Waals surface area contributed by atoms with Gasteiger partial charge in [-0.3, -0.25) is 4.57 Å². The van der Waals surface area contributed by atoms with Gasteiger partial charge in [-0.1, -0.05) is 140 Å². The maximum atomic E-state index is 6.71. The molecule has 0 unspecified atom stereocenters. The lowest BCUT2D eigenvalue weighted by Gasteiger charge is -2.14. The van der Waals surface area contributed by atoms with Gasteiger partial charge in [0, 0.05) is 49.0 Å². The van der Waals surface area contributed by atoms with Gasteiger partial charge in [-0.05, 0) is 64.0 Å². The normalized spacial score (nSPS) is 12.3. The van der Waals surface area contributed by atoms with Gasteiger partial charge in [-0.15, -0.1) is 0 Å². The number of hydrogen-bond acceptors (Lipinski definition) is 4. The molecule has 0 saturated carbocycles. The minimum Gasteiger partial charge on any atom is -0.456 e. The zero-order valence-corrected chi connectivity index (χ0v) is 31.9. The summed E-state index contributed by atoms with van der Waals surface area (Å²) in [4.78, 5) is 11.1. The summed E-state index contributed by atoms with van der Waals surface area (Å²) in [5.74, 6) is 0.527. The second kappa shape index (κ2) is 11.7. The van der Waals surface area contributed by atoms with Crippen LogP contribution in [0.2, 0.25) is 0 Å². The smallest absolute Gasteiger partial charge is 0.238 e. The third-order valence-corrected chi connectivity index (χ3v) is 12.5. The molecule has 60 heavy (non-hydrogen) atoms. The highest BCUT2D eigenvalue weighted by Gasteiger charge is 2.28. The summed E-state index contributed by atoms with van der Waals surface area (Å²) in [6.45, 7) is 0. The van der Waals surface area contributed by atoms with Crippen molar-refractivity contribution in [2.24, 2.45) is 0 Å². The van der Waals surface area contributed by atoms with Gasteiger partial charge in [0.05, 0.1) is 33.1 Å². The highest BCUT2D eigenvalue weighted by atomic mass is 16.3. The molecule has 0 bridgehead atoms. The molecule has 14 rings (SSSR count). The van der Waals surface area contributed by atoms with Crippen LogP contribution in [0.25, 0.3) is 132 Å². The molecule has 6 heteroatoms. The minimum absolute atomic E-state index is 0.526. The van der Waals surface area contributed by atoms with Crippen LogP contribution in [0.5, 0.6) is 0 Å². The monoisotopic (exact) mass is 766 g/mol. The summed E-state index contributed by atoms with van der Waals surface area (Å²) < 4.78 is 17.9. The lowest BCUT2D eigenvalue weighted by atomic mass is 9.96. The SMILES string of the molecule is c1ccc(-n2c3ccc4ccccc4c3c3c4ccccc4c4c5ccccc5n(-c5nc(-c6cccc7oc8ccccc8c67)c6c(n5)oc5ccccc56)c4c32)cc1. The predicted octanol–water partition coefficient (Wildman–Crippen LogP) is 14.4. The number of rotatable bonds is 3. The molecule has 14 aromatic rings. The molecule has 0 amide bonds. The third kappa shape index (κ3) is 4.11. The van der Waals surface area contributed by atoms with Gasteiger partial charge in [-0.2, -0.15) is 4.98 Å². The van der Waals surface area contributed by atoms with Gasteiger partial charge in [0.1, 0.15) is 16.7 Å². The molecule has 0 aliphatic carbocycles. The van der Waals surface area contributed by atoms with Crippen LogP contribution in [-0.4, -0.2) is 19.1 Å². The van der Waals surface area contributed by atoms with E-state index in [2.05, 4.69) is 155 Å². The number of furan rings is 2. The molecule has 278 valence electrons. The van der Waals surface area contributed by atoms with Gasteiger partial charge in [0.25, 0.3) is 0 Å². The predicted molar refractivity (Wildman–Crippen MR) is 246 cm³/mol. The summed E-state index contributed by atoms with van der Waals surface area (Å²) in [5, 5.41) is 13.3. The molecule has 0 spiro atoms. The van der Waals surface area contributed by atoms with Gasteiger partial charge in [-0.25, -0.2) is 4.98 Å². The Bertz CT molecular complexity index is 4130. The molecular formula is C54H30N4O2. The first-order chi connectivity index (χ1) is 29.8. The van der Waals surface area contributed by atoms with Gasteiger partial charge >= 0.3 is 0 Å². The molecular weight excluding hydrogens is 737 g/mol. The molecule has 0 atom stereocenters. The Balaban J connectivity index is 1.24. The van der Waals surface area contributed by atoms with Crippen molar-refractivity contribution >= 4 is 109 Å². The molecule has 5 aromatic heterocycles. The Morgan fingerprint density at radius 2 is 0.967 bits per heavy atom. The molecule has 0 aliphatic rings. The average Bonchev–Trinajstić information content (AvgIpc) is 4.07. The number of benzene rings is 9. The van der Waals surface area contributed by atoms with Crippen molar-refractivity contribution in [3.05, 3.63) is 182 Å². The Morgan fingerprint density at radius 3 is 1.78 bits per heavy atom. The quantitative estimate of drug-likeness (QED) is 0.180. The van der Waals surface area contributed by atoms with Crippen molar-refractivity contribution in [2.45, 2.75) is 0 Å². The number of aromatic nitrogens is 4. The summed E-state index contributed by atoms with van der Waals surface area (Å²) >= 11 is 0. The van der Waals surface area contributed by atoms with E-state index >= 15 is 0 Å². The van der Waals surface area contributed by atoms with E-state index in [-0.39, 0.29) is 0 Å². The zero-order chi connectivity index (χ0) is 39.1. The van der Waals surface area contributed by atoms with Crippen molar-refractivity contribution in [3.8, 4) is 22.9 Å². The summed E-state index contributed by atoms with van der Waals surface area (Å²) in [6.07, 6.45) is 0. The van der Waals surface area contributed by atoms with Crippen molar-refractivity contribution in [2.75, 3.05) is 0 Å². The van der Waals surface area contributed by atoms with Crippen molar-refractivity contribution in [1.29, 1.82) is 0 Å². The summed E-state index contributed by atoms with van der Waals surface area (Å²) in [5.41, 5.74) is 10.0. The first kappa shape index (κ1) is 31.8. The number of hydrogen-bond donors (Lipinski definition) is 0. The highest BCUT2D eigenvalue weighted by molar-refractivity contribution is 6.39. The molecule has 9 aromatic carbocycles. The second-order valence-electron chi connectivity index (χ2n) is 15.6. The molecule has 6 nitrogen and oxygen atoms in total. The fourth-order valence-electron chi connectivity index (χ4n) is 10.1. The van der Waals surface area contributed by atoms with E-state index in [1.165, 1.54) is 32.3 Å². The lowest BCUT2D eigenvalue weighted by Crippen LogP contribution is -2.04. The maximum absolute atomic E-state index is 6.71. The first-order valence-electron chi connectivity index (χ1n) is 20.3. The molecule has 0 radical (unpaired) electrons. The van der Waals surface area contributed by atoms with Crippen molar-refractivity contribution in [1.82, 2.24) is 19.1 Å². The molecule has 0 saturated heterocycles. The number of para-hydroxylation sites is 4. The zero-order valence-electron chi connectivity index (χ0n) is 31.9. The lowest BCUT2D eigenvalue weighted by molar-refractivity contribution is 0.651. The van der Waals surface area contributed by atoms with Crippen LogP contribution in [0.3, 0.4) is 0 Å². The Kier molecular flexibility index (Phi) is 6.20. The van der Waals surface area contributed by atoms with Crippen molar-refractivity contribution < 1.29 is 8.83 Å².